The minimum Gasteiger partial charge on any atom is -0.481 e. The van der Waals surface area contributed by atoms with E-state index in [-0.39, 0.29) is 12.2 Å². The summed E-state index contributed by atoms with van der Waals surface area (Å²) in [6, 6.07) is 6.17. The highest BCUT2D eigenvalue weighted by molar-refractivity contribution is 5.70. The SMILES string of the molecule is CC(O)CCC(Cc1ccccc1F)C(=O)O. The summed E-state index contributed by atoms with van der Waals surface area (Å²) >= 11 is 0. The Labute approximate surface area is 99.9 Å². The van der Waals surface area contributed by atoms with Gasteiger partial charge in [0.25, 0.3) is 0 Å². The second kappa shape index (κ2) is 6.35. The molecule has 2 atom stereocenters. The molecular formula is C13H17FO3. The number of aliphatic carboxylic acids is 1. The van der Waals surface area contributed by atoms with E-state index in [9.17, 15) is 9.18 Å². The van der Waals surface area contributed by atoms with Gasteiger partial charge >= 0.3 is 5.97 Å². The second-order valence-corrected chi connectivity index (χ2v) is 4.26. The van der Waals surface area contributed by atoms with Crippen LogP contribution in [0.15, 0.2) is 24.3 Å². The van der Waals surface area contributed by atoms with E-state index in [0.29, 0.717) is 18.4 Å². The Bertz CT molecular complexity index is 377. The van der Waals surface area contributed by atoms with E-state index in [1.165, 1.54) is 6.07 Å². The highest BCUT2D eigenvalue weighted by atomic mass is 19.1. The Hall–Kier alpha value is -1.42. The smallest absolute Gasteiger partial charge is 0.306 e. The molecule has 0 bridgehead atoms. The standard InChI is InChI=1S/C13H17FO3/c1-9(15)6-7-11(13(16)17)8-10-4-2-3-5-12(10)14/h2-5,9,11,15H,6-8H2,1H3,(H,16,17). The molecule has 0 heterocycles. The van der Waals surface area contributed by atoms with Crippen LogP contribution in [0.5, 0.6) is 0 Å². The van der Waals surface area contributed by atoms with E-state index in [1.54, 1.807) is 25.1 Å². The molecule has 2 unspecified atom stereocenters. The average molecular weight is 240 g/mol. The van der Waals surface area contributed by atoms with Crippen molar-refractivity contribution in [3.63, 3.8) is 0 Å². The normalized spacial score (nSPS) is 14.3. The summed E-state index contributed by atoms with van der Waals surface area (Å²) in [6.45, 7) is 1.61. The van der Waals surface area contributed by atoms with Crippen LogP contribution in [0, 0.1) is 11.7 Å². The van der Waals surface area contributed by atoms with Crippen molar-refractivity contribution in [2.24, 2.45) is 5.92 Å². The van der Waals surface area contributed by atoms with Crippen molar-refractivity contribution in [1.29, 1.82) is 0 Å². The van der Waals surface area contributed by atoms with Gasteiger partial charge in [-0.15, -0.1) is 0 Å². The second-order valence-electron chi connectivity index (χ2n) is 4.26. The molecule has 0 saturated heterocycles. The summed E-state index contributed by atoms with van der Waals surface area (Å²) in [5.74, 6) is -1.98. The molecule has 0 amide bonds. The lowest BCUT2D eigenvalue weighted by Crippen LogP contribution is -2.19. The third-order valence-corrected chi connectivity index (χ3v) is 2.71. The maximum atomic E-state index is 13.4. The number of hydrogen-bond donors (Lipinski definition) is 2. The van der Waals surface area contributed by atoms with E-state index < -0.39 is 18.0 Å². The third-order valence-electron chi connectivity index (χ3n) is 2.71. The van der Waals surface area contributed by atoms with Gasteiger partial charge in [0.05, 0.1) is 12.0 Å². The van der Waals surface area contributed by atoms with Crippen molar-refractivity contribution < 1.29 is 19.4 Å². The summed E-state index contributed by atoms with van der Waals surface area (Å²) in [7, 11) is 0. The average Bonchev–Trinajstić information content (AvgIpc) is 2.25. The summed E-state index contributed by atoms with van der Waals surface area (Å²) in [5, 5.41) is 18.2. The number of carboxylic acid groups (broad SMARTS) is 1. The first-order valence-electron chi connectivity index (χ1n) is 5.65. The monoisotopic (exact) mass is 240 g/mol. The Balaban J connectivity index is 2.67. The molecule has 0 radical (unpaired) electrons. The Morgan fingerprint density at radius 2 is 2.00 bits per heavy atom. The van der Waals surface area contributed by atoms with Crippen LogP contribution < -0.4 is 0 Å². The van der Waals surface area contributed by atoms with Crippen LogP contribution in [0.3, 0.4) is 0 Å². The van der Waals surface area contributed by atoms with Gasteiger partial charge in [-0.1, -0.05) is 18.2 Å². The van der Waals surface area contributed by atoms with E-state index >= 15 is 0 Å². The fraction of sp³-hybridized carbons (Fsp3) is 0.462. The van der Waals surface area contributed by atoms with Crippen LogP contribution in [-0.2, 0) is 11.2 Å². The van der Waals surface area contributed by atoms with Gasteiger partial charge in [-0.25, -0.2) is 4.39 Å². The first-order chi connectivity index (χ1) is 8.00. The zero-order valence-electron chi connectivity index (χ0n) is 9.77. The number of aliphatic hydroxyl groups excluding tert-OH is 1. The molecule has 0 aromatic heterocycles. The largest absolute Gasteiger partial charge is 0.481 e. The number of carbonyl (C=O) groups is 1. The van der Waals surface area contributed by atoms with Crippen LogP contribution in [0.2, 0.25) is 0 Å². The lowest BCUT2D eigenvalue weighted by molar-refractivity contribution is -0.142. The highest BCUT2D eigenvalue weighted by Gasteiger charge is 2.19. The van der Waals surface area contributed by atoms with E-state index in [1.807, 2.05) is 0 Å². The zero-order chi connectivity index (χ0) is 12.8. The zero-order valence-corrected chi connectivity index (χ0v) is 9.77. The molecule has 1 aromatic carbocycles. The van der Waals surface area contributed by atoms with E-state index in [0.717, 1.165) is 0 Å². The number of carboxylic acids is 1. The van der Waals surface area contributed by atoms with Gasteiger partial charge in [0, 0.05) is 0 Å². The van der Waals surface area contributed by atoms with Crippen molar-refractivity contribution in [3.05, 3.63) is 35.6 Å². The van der Waals surface area contributed by atoms with Crippen molar-refractivity contribution in [1.82, 2.24) is 0 Å². The maximum Gasteiger partial charge on any atom is 0.306 e. The molecule has 3 nitrogen and oxygen atoms in total. The predicted molar refractivity (Wildman–Crippen MR) is 62.1 cm³/mol. The van der Waals surface area contributed by atoms with Crippen molar-refractivity contribution in [2.45, 2.75) is 32.3 Å². The lowest BCUT2D eigenvalue weighted by Gasteiger charge is -2.13. The molecule has 0 aliphatic carbocycles. The van der Waals surface area contributed by atoms with Gasteiger partial charge in [0.2, 0.25) is 0 Å². The molecule has 0 saturated carbocycles. The fourth-order valence-corrected chi connectivity index (χ4v) is 1.68. The van der Waals surface area contributed by atoms with Gasteiger partial charge < -0.3 is 10.2 Å². The minimum absolute atomic E-state index is 0.161. The van der Waals surface area contributed by atoms with Gasteiger partial charge in [-0.3, -0.25) is 4.79 Å². The molecule has 4 heteroatoms. The predicted octanol–water partition coefficient (Wildman–Crippen LogP) is 2.23. The lowest BCUT2D eigenvalue weighted by atomic mass is 9.93. The molecule has 0 aliphatic rings. The summed E-state index contributed by atoms with van der Waals surface area (Å²) in [6.07, 6.45) is 0.388. The quantitative estimate of drug-likeness (QED) is 0.801. The Morgan fingerprint density at radius 1 is 1.35 bits per heavy atom. The molecular weight excluding hydrogens is 223 g/mol. The summed E-state index contributed by atoms with van der Waals surface area (Å²) in [5.41, 5.74) is 0.408. The molecule has 0 fully saturated rings. The molecule has 0 aliphatic heterocycles. The minimum atomic E-state index is -0.950. The third kappa shape index (κ3) is 4.53. The first kappa shape index (κ1) is 13.6. The summed E-state index contributed by atoms with van der Waals surface area (Å²) in [4.78, 5) is 11.0. The van der Waals surface area contributed by atoms with Crippen LogP contribution in [0.25, 0.3) is 0 Å². The number of halogens is 1. The van der Waals surface area contributed by atoms with E-state index in [2.05, 4.69) is 0 Å². The van der Waals surface area contributed by atoms with Gasteiger partial charge in [-0.05, 0) is 37.8 Å². The van der Waals surface area contributed by atoms with Crippen LogP contribution in [0.4, 0.5) is 4.39 Å². The maximum absolute atomic E-state index is 13.4. The number of aliphatic hydroxyl groups is 1. The van der Waals surface area contributed by atoms with Crippen molar-refractivity contribution >= 4 is 5.97 Å². The molecule has 17 heavy (non-hydrogen) atoms. The van der Waals surface area contributed by atoms with Crippen molar-refractivity contribution in [3.8, 4) is 0 Å². The molecule has 0 spiro atoms. The molecule has 1 aromatic rings. The van der Waals surface area contributed by atoms with E-state index in [4.69, 9.17) is 10.2 Å². The Kier molecular flexibility index (Phi) is 5.10. The molecule has 94 valence electrons. The molecule has 1 rings (SSSR count). The van der Waals surface area contributed by atoms with Crippen LogP contribution in [0.1, 0.15) is 25.3 Å². The van der Waals surface area contributed by atoms with Crippen LogP contribution in [-0.4, -0.2) is 22.3 Å². The number of rotatable bonds is 6. The number of benzene rings is 1. The number of hydrogen-bond acceptors (Lipinski definition) is 2. The molecule has 2 N–H and O–H groups in total. The van der Waals surface area contributed by atoms with Gasteiger partial charge in [0.1, 0.15) is 5.82 Å². The summed E-state index contributed by atoms with van der Waals surface area (Å²) < 4.78 is 13.4. The fourth-order valence-electron chi connectivity index (χ4n) is 1.68. The van der Waals surface area contributed by atoms with Gasteiger partial charge in [-0.2, -0.15) is 0 Å². The Morgan fingerprint density at radius 3 is 2.53 bits per heavy atom. The first-order valence-corrected chi connectivity index (χ1v) is 5.65. The van der Waals surface area contributed by atoms with Gasteiger partial charge in [0.15, 0.2) is 0 Å². The van der Waals surface area contributed by atoms with Crippen molar-refractivity contribution in [2.75, 3.05) is 0 Å². The van der Waals surface area contributed by atoms with Crippen LogP contribution >= 0.6 is 0 Å². The topological polar surface area (TPSA) is 57.5 Å². The highest BCUT2D eigenvalue weighted by Crippen LogP contribution is 2.18.